The molecule has 0 heterocycles. The van der Waals surface area contributed by atoms with Gasteiger partial charge in [-0.3, -0.25) is 4.79 Å². The van der Waals surface area contributed by atoms with Crippen LogP contribution in [0.4, 0.5) is 13.2 Å². The number of nitrogens with one attached hydrogen (secondary N) is 1. The van der Waals surface area contributed by atoms with Crippen molar-refractivity contribution in [2.75, 3.05) is 6.54 Å². The number of rotatable bonds is 4. The topological polar surface area (TPSA) is 55.1 Å². The maximum Gasteiger partial charge on any atom is 0.391 e. The van der Waals surface area contributed by atoms with Gasteiger partial charge in [0.25, 0.3) is 0 Å². The van der Waals surface area contributed by atoms with Crippen LogP contribution in [0.25, 0.3) is 0 Å². The number of alkyl halides is 3. The van der Waals surface area contributed by atoms with Crippen LogP contribution in [0.3, 0.4) is 0 Å². The standard InChI is InChI=1S/C11H19F3N2O.ClH/c12-11(13,14)8-3-5-9(6-4-8)16-10(17)2-1-7-15;/h8-9H,1-7,15H2,(H,16,17);1H. The first kappa shape index (κ1) is 17.5. The Kier molecular flexibility index (Phi) is 7.62. The van der Waals surface area contributed by atoms with Gasteiger partial charge in [0.15, 0.2) is 0 Å². The molecule has 1 fully saturated rings. The summed E-state index contributed by atoms with van der Waals surface area (Å²) in [5.74, 6) is -1.30. The number of halogens is 4. The Morgan fingerprint density at radius 2 is 1.78 bits per heavy atom. The predicted octanol–water partition coefficient (Wildman–Crippen LogP) is 2.38. The summed E-state index contributed by atoms with van der Waals surface area (Å²) >= 11 is 0. The van der Waals surface area contributed by atoms with Gasteiger partial charge in [0.2, 0.25) is 5.91 Å². The molecule has 0 aromatic rings. The molecule has 0 aromatic heterocycles. The molecule has 1 aliphatic rings. The fourth-order valence-corrected chi connectivity index (χ4v) is 2.13. The van der Waals surface area contributed by atoms with Crippen molar-refractivity contribution in [3.8, 4) is 0 Å². The molecular weight excluding hydrogens is 269 g/mol. The largest absolute Gasteiger partial charge is 0.391 e. The zero-order valence-corrected chi connectivity index (χ0v) is 10.9. The fourth-order valence-electron chi connectivity index (χ4n) is 2.13. The third-order valence-electron chi connectivity index (χ3n) is 3.16. The number of hydrogen-bond acceptors (Lipinski definition) is 2. The lowest BCUT2D eigenvalue weighted by molar-refractivity contribution is -0.182. The van der Waals surface area contributed by atoms with Crippen LogP contribution in [-0.4, -0.2) is 24.7 Å². The van der Waals surface area contributed by atoms with E-state index in [9.17, 15) is 18.0 Å². The molecule has 1 aliphatic carbocycles. The van der Waals surface area contributed by atoms with E-state index in [1.54, 1.807) is 0 Å². The Morgan fingerprint density at radius 1 is 1.22 bits per heavy atom. The molecule has 0 aromatic carbocycles. The Balaban J connectivity index is 0.00000289. The molecule has 0 spiro atoms. The SMILES string of the molecule is Cl.NCCCC(=O)NC1CCC(C(F)(F)F)CC1. The van der Waals surface area contributed by atoms with E-state index in [1.807, 2.05) is 0 Å². The van der Waals surface area contributed by atoms with Crippen LogP contribution in [0, 0.1) is 5.92 Å². The van der Waals surface area contributed by atoms with E-state index in [2.05, 4.69) is 5.32 Å². The molecule has 0 atom stereocenters. The Morgan fingerprint density at radius 3 is 2.22 bits per heavy atom. The van der Waals surface area contributed by atoms with Gasteiger partial charge in [-0.25, -0.2) is 0 Å². The molecule has 1 amide bonds. The van der Waals surface area contributed by atoms with E-state index in [4.69, 9.17) is 5.73 Å². The van der Waals surface area contributed by atoms with Gasteiger partial charge >= 0.3 is 6.18 Å². The van der Waals surface area contributed by atoms with Crippen LogP contribution < -0.4 is 11.1 Å². The van der Waals surface area contributed by atoms with Crippen LogP contribution in [0.2, 0.25) is 0 Å². The van der Waals surface area contributed by atoms with E-state index in [1.165, 1.54) is 0 Å². The van der Waals surface area contributed by atoms with Gasteiger partial charge in [-0.1, -0.05) is 0 Å². The maximum atomic E-state index is 12.4. The number of nitrogens with two attached hydrogens (primary N) is 1. The van der Waals surface area contributed by atoms with Crippen molar-refractivity contribution in [3.05, 3.63) is 0 Å². The summed E-state index contributed by atoms with van der Waals surface area (Å²) in [5.41, 5.74) is 5.27. The number of carbonyl (C=O) groups excluding carboxylic acids is 1. The highest BCUT2D eigenvalue weighted by Crippen LogP contribution is 2.37. The van der Waals surface area contributed by atoms with Crippen LogP contribution in [0.1, 0.15) is 38.5 Å². The minimum Gasteiger partial charge on any atom is -0.353 e. The number of hydrogen-bond donors (Lipinski definition) is 2. The minimum atomic E-state index is -4.09. The van der Waals surface area contributed by atoms with Crippen LogP contribution >= 0.6 is 12.4 Å². The van der Waals surface area contributed by atoms with E-state index in [0.29, 0.717) is 32.2 Å². The molecule has 1 saturated carbocycles. The van der Waals surface area contributed by atoms with Gasteiger partial charge in [0, 0.05) is 12.5 Å². The zero-order chi connectivity index (χ0) is 12.9. The van der Waals surface area contributed by atoms with E-state index >= 15 is 0 Å². The average Bonchev–Trinajstić information content (AvgIpc) is 2.26. The molecule has 3 nitrogen and oxygen atoms in total. The molecule has 3 N–H and O–H groups in total. The van der Waals surface area contributed by atoms with Gasteiger partial charge in [0.05, 0.1) is 5.92 Å². The van der Waals surface area contributed by atoms with Crippen molar-refractivity contribution < 1.29 is 18.0 Å². The van der Waals surface area contributed by atoms with Crippen molar-refractivity contribution in [3.63, 3.8) is 0 Å². The first-order valence-corrected chi connectivity index (χ1v) is 5.99. The van der Waals surface area contributed by atoms with Crippen LogP contribution in [0.15, 0.2) is 0 Å². The lowest BCUT2D eigenvalue weighted by Gasteiger charge is -2.30. The molecule has 0 bridgehead atoms. The van der Waals surface area contributed by atoms with E-state index < -0.39 is 12.1 Å². The lowest BCUT2D eigenvalue weighted by Crippen LogP contribution is -2.40. The van der Waals surface area contributed by atoms with Crippen LogP contribution in [-0.2, 0) is 4.79 Å². The Hall–Kier alpha value is -0.490. The highest BCUT2D eigenvalue weighted by molar-refractivity contribution is 5.85. The lowest BCUT2D eigenvalue weighted by atomic mass is 9.85. The van der Waals surface area contributed by atoms with Gasteiger partial charge < -0.3 is 11.1 Å². The highest BCUT2D eigenvalue weighted by atomic mass is 35.5. The molecule has 18 heavy (non-hydrogen) atoms. The molecule has 1 rings (SSSR count). The monoisotopic (exact) mass is 288 g/mol. The summed E-state index contributed by atoms with van der Waals surface area (Å²) in [6.45, 7) is 0.453. The summed E-state index contributed by atoms with van der Waals surface area (Å²) in [7, 11) is 0. The van der Waals surface area contributed by atoms with Crippen molar-refractivity contribution in [1.82, 2.24) is 5.32 Å². The average molecular weight is 289 g/mol. The number of amides is 1. The summed E-state index contributed by atoms with van der Waals surface area (Å²) in [4.78, 5) is 11.4. The smallest absolute Gasteiger partial charge is 0.353 e. The molecule has 0 unspecified atom stereocenters. The van der Waals surface area contributed by atoms with Gasteiger partial charge in [-0.2, -0.15) is 13.2 Å². The van der Waals surface area contributed by atoms with Crippen molar-refractivity contribution in [2.24, 2.45) is 11.7 Å². The van der Waals surface area contributed by atoms with Gasteiger partial charge in [-0.15, -0.1) is 12.4 Å². The number of carbonyl (C=O) groups is 1. The Labute approximate surface area is 111 Å². The van der Waals surface area contributed by atoms with Crippen molar-refractivity contribution in [1.29, 1.82) is 0 Å². The second kappa shape index (κ2) is 7.84. The molecule has 0 saturated heterocycles. The van der Waals surface area contributed by atoms with Crippen LogP contribution in [0.5, 0.6) is 0 Å². The van der Waals surface area contributed by atoms with E-state index in [0.717, 1.165) is 0 Å². The first-order chi connectivity index (χ1) is 7.93. The van der Waals surface area contributed by atoms with Gasteiger partial charge in [0.1, 0.15) is 0 Å². The summed E-state index contributed by atoms with van der Waals surface area (Å²) < 4.78 is 37.2. The zero-order valence-electron chi connectivity index (χ0n) is 10.1. The normalized spacial score (nSPS) is 24.2. The third-order valence-corrected chi connectivity index (χ3v) is 3.16. The molecule has 0 radical (unpaired) electrons. The Bertz CT molecular complexity index is 253. The second-order valence-corrected chi connectivity index (χ2v) is 4.55. The second-order valence-electron chi connectivity index (χ2n) is 4.55. The summed E-state index contributed by atoms with van der Waals surface area (Å²) in [6.07, 6.45) is -2.05. The van der Waals surface area contributed by atoms with Gasteiger partial charge in [-0.05, 0) is 38.6 Å². The van der Waals surface area contributed by atoms with E-state index in [-0.39, 0.29) is 37.2 Å². The summed E-state index contributed by atoms with van der Waals surface area (Å²) in [6, 6.07) is -0.0983. The molecular formula is C11H20ClF3N2O. The maximum absolute atomic E-state index is 12.4. The summed E-state index contributed by atoms with van der Waals surface area (Å²) in [5, 5.41) is 2.76. The minimum absolute atomic E-state index is 0. The highest BCUT2D eigenvalue weighted by Gasteiger charge is 2.41. The first-order valence-electron chi connectivity index (χ1n) is 5.99. The molecule has 108 valence electrons. The van der Waals surface area contributed by atoms with Crippen molar-refractivity contribution >= 4 is 18.3 Å². The third kappa shape index (κ3) is 5.91. The quantitative estimate of drug-likeness (QED) is 0.834. The fraction of sp³-hybridized carbons (Fsp3) is 0.909. The van der Waals surface area contributed by atoms with Crippen molar-refractivity contribution in [2.45, 2.75) is 50.7 Å². The predicted molar refractivity (Wildman–Crippen MR) is 65.5 cm³/mol. The molecule has 0 aliphatic heterocycles. The molecule has 7 heteroatoms.